The van der Waals surface area contributed by atoms with Crippen molar-refractivity contribution in [3.63, 3.8) is 0 Å². The van der Waals surface area contributed by atoms with Gasteiger partial charge in [-0.25, -0.2) is 0 Å². The highest BCUT2D eigenvalue weighted by Crippen LogP contribution is 2.43. The van der Waals surface area contributed by atoms with Crippen LogP contribution in [0.1, 0.15) is 25.7 Å². The molecule has 1 saturated carbocycles. The monoisotopic (exact) mass is 227 g/mol. The summed E-state index contributed by atoms with van der Waals surface area (Å²) < 4.78 is 0. The quantitative estimate of drug-likeness (QED) is 0.720. The van der Waals surface area contributed by atoms with Crippen molar-refractivity contribution in [2.45, 2.75) is 25.7 Å². The van der Waals surface area contributed by atoms with Crippen molar-refractivity contribution in [3.05, 3.63) is 0 Å². The van der Waals surface area contributed by atoms with Gasteiger partial charge in [-0.05, 0) is 38.9 Å². The maximum atomic E-state index is 12.0. The second kappa shape index (κ2) is 5.64. The molecule has 1 fully saturated rings. The van der Waals surface area contributed by atoms with Gasteiger partial charge in [0.15, 0.2) is 0 Å². The number of rotatable bonds is 6. The fraction of sp³-hybridized carbons (Fsp3) is 0.917. The molecular formula is C12H25N3O. The van der Waals surface area contributed by atoms with E-state index in [1.54, 1.807) is 0 Å². The van der Waals surface area contributed by atoms with E-state index >= 15 is 0 Å². The number of carbonyl (C=O) groups is 1. The summed E-state index contributed by atoms with van der Waals surface area (Å²) in [5, 5.41) is 0. The molecule has 0 radical (unpaired) electrons. The lowest BCUT2D eigenvalue weighted by atomic mass is 9.66. The van der Waals surface area contributed by atoms with Crippen molar-refractivity contribution in [3.8, 4) is 0 Å². The summed E-state index contributed by atoms with van der Waals surface area (Å²) in [6.45, 7) is 2.37. The van der Waals surface area contributed by atoms with Crippen LogP contribution in [0.3, 0.4) is 0 Å². The predicted molar refractivity (Wildman–Crippen MR) is 66.1 cm³/mol. The highest BCUT2D eigenvalue weighted by Gasteiger charge is 2.38. The molecule has 0 atom stereocenters. The minimum Gasteiger partial charge on any atom is -0.344 e. The molecule has 16 heavy (non-hydrogen) atoms. The fourth-order valence-corrected chi connectivity index (χ4v) is 2.06. The Morgan fingerprint density at radius 2 is 1.88 bits per heavy atom. The molecule has 0 spiro atoms. The van der Waals surface area contributed by atoms with E-state index in [1.807, 2.05) is 26.0 Å². The lowest BCUT2D eigenvalue weighted by Crippen LogP contribution is -2.43. The Bertz CT molecular complexity index is 231. The molecule has 0 aromatic heterocycles. The summed E-state index contributed by atoms with van der Waals surface area (Å²) in [6.07, 6.45) is 4.10. The Labute approximate surface area is 98.8 Å². The van der Waals surface area contributed by atoms with Crippen LogP contribution in [0.15, 0.2) is 0 Å². The molecule has 0 saturated heterocycles. The first kappa shape index (κ1) is 13.5. The van der Waals surface area contributed by atoms with Gasteiger partial charge in [-0.2, -0.15) is 0 Å². The standard InChI is InChI=1S/C12H25N3O/c1-14(2)7-8-15(3)11(16)9-12(10-13)5-4-6-12/h4-10,13H2,1-3H3. The van der Waals surface area contributed by atoms with Crippen molar-refractivity contribution in [1.82, 2.24) is 9.80 Å². The van der Waals surface area contributed by atoms with Gasteiger partial charge in [0.25, 0.3) is 0 Å². The lowest BCUT2D eigenvalue weighted by Gasteiger charge is -2.41. The molecule has 4 heteroatoms. The summed E-state index contributed by atoms with van der Waals surface area (Å²) >= 11 is 0. The maximum absolute atomic E-state index is 12.0. The third kappa shape index (κ3) is 3.46. The number of nitrogens with two attached hydrogens (primary N) is 1. The smallest absolute Gasteiger partial charge is 0.222 e. The molecule has 0 unspecified atom stereocenters. The van der Waals surface area contributed by atoms with Crippen LogP contribution in [-0.2, 0) is 4.79 Å². The Balaban J connectivity index is 2.33. The van der Waals surface area contributed by atoms with Gasteiger partial charge in [-0.3, -0.25) is 4.79 Å². The third-order valence-electron chi connectivity index (χ3n) is 3.68. The molecule has 2 N–H and O–H groups in total. The molecule has 0 aromatic carbocycles. The van der Waals surface area contributed by atoms with E-state index in [4.69, 9.17) is 5.73 Å². The van der Waals surface area contributed by atoms with Gasteiger partial charge in [-0.15, -0.1) is 0 Å². The van der Waals surface area contributed by atoms with Crippen molar-refractivity contribution >= 4 is 5.91 Å². The van der Waals surface area contributed by atoms with Gasteiger partial charge < -0.3 is 15.5 Å². The molecule has 1 rings (SSSR count). The Kier molecular flexibility index (Phi) is 4.74. The number of nitrogens with zero attached hydrogens (tertiary/aromatic N) is 2. The highest BCUT2D eigenvalue weighted by atomic mass is 16.2. The summed E-state index contributed by atoms with van der Waals surface area (Å²) in [4.78, 5) is 15.9. The van der Waals surface area contributed by atoms with Gasteiger partial charge >= 0.3 is 0 Å². The first-order valence-electron chi connectivity index (χ1n) is 6.08. The second-order valence-electron chi connectivity index (χ2n) is 5.35. The van der Waals surface area contributed by atoms with Crippen LogP contribution in [0.25, 0.3) is 0 Å². The van der Waals surface area contributed by atoms with E-state index in [0.29, 0.717) is 13.0 Å². The average molecular weight is 227 g/mol. The zero-order chi connectivity index (χ0) is 12.2. The lowest BCUT2D eigenvalue weighted by molar-refractivity contribution is -0.133. The SMILES string of the molecule is CN(C)CCN(C)C(=O)CC1(CN)CCC1. The summed E-state index contributed by atoms with van der Waals surface area (Å²) in [5.41, 5.74) is 5.89. The van der Waals surface area contributed by atoms with Gasteiger partial charge in [0.2, 0.25) is 5.91 Å². The van der Waals surface area contributed by atoms with Gasteiger partial charge in [0.05, 0.1) is 0 Å². The number of carbonyl (C=O) groups excluding carboxylic acids is 1. The van der Waals surface area contributed by atoms with E-state index in [-0.39, 0.29) is 11.3 Å². The average Bonchev–Trinajstić information content (AvgIpc) is 2.19. The Hall–Kier alpha value is -0.610. The van der Waals surface area contributed by atoms with E-state index < -0.39 is 0 Å². The molecule has 0 aromatic rings. The van der Waals surface area contributed by atoms with Crippen molar-refractivity contribution in [1.29, 1.82) is 0 Å². The normalized spacial score (nSPS) is 18.3. The molecule has 0 heterocycles. The van der Waals surface area contributed by atoms with Gasteiger partial charge in [0, 0.05) is 26.6 Å². The minimum absolute atomic E-state index is 0.128. The predicted octanol–water partition coefficient (Wildman–Crippen LogP) is 0.526. The second-order valence-corrected chi connectivity index (χ2v) is 5.35. The van der Waals surface area contributed by atoms with Gasteiger partial charge in [0.1, 0.15) is 0 Å². The number of likely N-dealkylation sites (N-methyl/N-ethyl adjacent to an activating group) is 2. The fourth-order valence-electron chi connectivity index (χ4n) is 2.06. The number of hydrogen-bond donors (Lipinski definition) is 1. The molecule has 0 bridgehead atoms. The molecule has 1 aliphatic carbocycles. The number of hydrogen-bond acceptors (Lipinski definition) is 3. The zero-order valence-electron chi connectivity index (χ0n) is 10.8. The molecule has 1 amide bonds. The van der Waals surface area contributed by atoms with Crippen LogP contribution < -0.4 is 5.73 Å². The maximum Gasteiger partial charge on any atom is 0.222 e. The highest BCUT2D eigenvalue weighted by molar-refractivity contribution is 5.76. The minimum atomic E-state index is 0.128. The van der Waals surface area contributed by atoms with E-state index in [2.05, 4.69) is 4.90 Å². The van der Waals surface area contributed by atoms with Crippen molar-refractivity contribution in [2.24, 2.45) is 11.1 Å². The van der Waals surface area contributed by atoms with Crippen LogP contribution in [-0.4, -0.2) is 56.5 Å². The van der Waals surface area contributed by atoms with Gasteiger partial charge in [-0.1, -0.05) is 6.42 Å². The van der Waals surface area contributed by atoms with E-state index in [1.165, 1.54) is 6.42 Å². The van der Waals surface area contributed by atoms with Crippen LogP contribution in [0.5, 0.6) is 0 Å². The third-order valence-corrected chi connectivity index (χ3v) is 3.68. The molecule has 94 valence electrons. The van der Waals surface area contributed by atoms with Crippen molar-refractivity contribution in [2.75, 3.05) is 40.8 Å². The van der Waals surface area contributed by atoms with Crippen LogP contribution >= 0.6 is 0 Å². The summed E-state index contributed by atoms with van der Waals surface area (Å²) in [5.74, 6) is 0.243. The molecule has 0 aliphatic heterocycles. The van der Waals surface area contributed by atoms with Crippen LogP contribution in [0.2, 0.25) is 0 Å². The van der Waals surface area contributed by atoms with E-state index in [9.17, 15) is 4.79 Å². The Morgan fingerprint density at radius 3 is 2.25 bits per heavy atom. The Morgan fingerprint density at radius 1 is 1.25 bits per heavy atom. The van der Waals surface area contributed by atoms with Crippen LogP contribution in [0, 0.1) is 5.41 Å². The summed E-state index contributed by atoms with van der Waals surface area (Å²) in [6, 6.07) is 0. The number of amides is 1. The topological polar surface area (TPSA) is 49.6 Å². The van der Waals surface area contributed by atoms with E-state index in [0.717, 1.165) is 25.9 Å². The first-order valence-corrected chi connectivity index (χ1v) is 6.08. The molecule has 4 nitrogen and oxygen atoms in total. The summed E-state index contributed by atoms with van der Waals surface area (Å²) in [7, 11) is 5.92. The molecule has 1 aliphatic rings. The first-order chi connectivity index (χ1) is 7.49. The molecular weight excluding hydrogens is 202 g/mol. The zero-order valence-corrected chi connectivity index (χ0v) is 10.8. The van der Waals surface area contributed by atoms with Crippen molar-refractivity contribution < 1.29 is 4.79 Å². The largest absolute Gasteiger partial charge is 0.344 e. The van der Waals surface area contributed by atoms with Crippen LogP contribution in [0.4, 0.5) is 0 Å².